The van der Waals surface area contributed by atoms with Crippen molar-refractivity contribution in [3.63, 3.8) is 0 Å². The van der Waals surface area contributed by atoms with Gasteiger partial charge in [-0.15, -0.1) is 0 Å². The Kier molecular flexibility index (Phi) is 18.8. The summed E-state index contributed by atoms with van der Waals surface area (Å²) in [6.07, 6.45) is 12.8. The zero-order valence-electron chi connectivity index (χ0n) is 26.2. The van der Waals surface area contributed by atoms with Crippen molar-refractivity contribution in [1.82, 2.24) is 5.32 Å². The van der Waals surface area contributed by atoms with E-state index >= 15 is 0 Å². The van der Waals surface area contributed by atoms with Crippen LogP contribution in [0.25, 0.3) is 0 Å². The smallest absolute Gasteiger partial charge is 0.337 e. The number of carbonyl (C=O) groups excluding carboxylic acids is 2. The van der Waals surface area contributed by atoms with Crippen molar-refractivity contribution in [2.75, 3.05) is 6.61 Å². The molecule has 0 aromatic heterocycles. The van der Waals surface area contributed by atoms with Crippen molar-refractivity contribution in [3.05, 3.63) is 54.6 Å². The van der Waals surface area contributed by atoms with E-state index in [2.05, 4.69) is 18.8 Å². The molecule has 1 amide bonds. The van der Waals surface area contributed by atoms with Crippen LogP contribution in [-0.2, 0) is 30.4 Å². The first-order chi connectivity index (χ1) is 21.4. The zero-order valence-corrected chi connectivity index (χ0v) is 26.2. The van der Waals surface area contributed by atoms with E-state index < -0.39 is 47.8 Å². The number of ketones is 1. The topological polar surface area (TPSA) is 188 Å². The number of amides is 1. The third kappa shape index (κ3) is 15.5. The van der Waals surface area contributed by atoms with Crippen LogP contribution < -0.4 is 10.1 Å². The standard InChI is InChI=1S/C34H49NO10/c1-3-5-6-9-12-15-26(36)16-13-10-7-8-11-14-17-28(34(44,33(42)43)24-30(37)38)31(39)35-29(32(40)41)23-25-18-20-27(21-19-25)45-22-4-2/h4,14,17-21,28-29,44H,2-3,5-13,15-16,22-24H2,1H3,(H,35,39)(H,37,38)(H,40,41)(H,42,43)/t28-,29?,34+/m1/s1. The summed E-state index contributed by atoms with van der Waals surface area (Å²) in [5.74, 6) is -7.18. The van der Waals surface area contributed by atoms with Gasteiger partial charge in [-0.2, -0.15) is 0 Å². The summed E-state index contributed by atoms with van der Waals surface area (Å²) in [7, 11) is 0. The molecular weight excluding hydrogens is 582 g/mol. The first kappa shape index (κ1) is 39.0. The van der Waals surface area contributed by atoms with Crippen LogP contribution in [0.5, 0.6) is 5.75 Å². The van der Waals surface area contributed by atoms with Gasteiger partial charge in [0.05, 0.1) is 12.3 Å². The van der Waals surface area contributed by atoms with Gasteiger partial charge in [0.25, 0.3) is 0 Å². The fourth-order valence-electron chi connectivity index (χ4n) is 4.81. The van der Waals surface area contributed by atoms with Crippen LogP contribution in [0, 0.1) is 5.92 Å². The molecule has 0 spiro atoms. The lowest BCUT2D eigenvalue weighted by atomic mass is 9.82. The highest BCUT2D eigenvalue weighted by Gasteiger charge is 2.49. The predicted octanol–water partition coefficient (Wildman–Crippen LogP) is 5.10. The molecule has 3 atom stereocenters. The number of aliphatic hydroxyl groups is 1. The van der Waals surface area contributed by atoms with Crippen LogP contribution >= 0.6 is 0 Å². The molecule has 11 heteroatoms. The average Bonchev–Trinajstić information content (AvgIpc) is 2.98. The lowest BCUT2D eigenvalue weighted by molar-refractivity contribution is -0.172. The van der Waals surface area contributed by atoms with Crippen molar-refractivity contribution in [3.8, 4) is 5.75 Å². The van der Waals surface area contributed by atoms with Gasteiger partial charge < -0.3 is 30.5 Å². The van der Waals surface area contributed by atoms with Gasteiger partial charge in [-0.25, -0.2) is 9.59 Å². The summed E-state index contributed by atoms with van der Waals surface area (Å²) < 4.78 is 5.40. The number of rotatable bonds is 26. The Morgan fingerprint density at radius 1 is 0.911 bits per heavy atom. The Labute approximate surface area is 265 Å². The maximum atomic E-state index is 13.2. The SMILES string of the molecule is C=CCOc1ccc(CC(NC(=O)[C@@H](C=CCCCCCCC(=O)CCCCCCC)[C@@](O)(CC(=O)O)C(=O)O)C(=O)O)cc1. The second kappa shape index (κ2) is 21.7. The fourth-order valence-corrected chi connectivity index (χ4v) is 4.81. The molecule has 0 saturated heterocycles. The maximum absolute atomic E-state index is 13.2. The molecule has 1 aromatic carbocycles. The third-order valence-corrected chi connectivity index (χ3v) is 7.40. The van der Waals surface area contributed by atoms with E-state index in [-0.39, 0.29) is 18.8 Å². The normalized spacial score (nSPS) is 13.8. The minimum Gasteiger partial charge on any atom is -0.490 e. The lowest BCUT2D eigenvalue weighted by Gasteiger charge is -2.29. The Morgan fingerprint density at radius 3 is 2.04 bits per heavy atom. The van der Waals surface area contributed by atoms with E-state index in [1.807, 2.05) is 0 Å². The van der Waals surface area contributed by atoms with Crippen molar-refractivity contribution in [2.45, 2.75) is 108 Å². The largest absolute Gasteiger partial charge is 0.490 e. The highest BCUT2D eigenvalue weighted by Crippen LogP contribution is 2.26. The molecule has 1 aromatic rings. The van der Waals surface area contributed by atoms with E-state index in [0.29, 0.717) is 37.0 Å². The van der Waals surface area contributed by atoms with Gasteiger partial charge in [-0.05, 0) is 43.4 Å². The second-order valence-electron chi connectivity index (χ2n) is 11.2. The highest BCUT2D eigenvalue weighted by atomic mass is 16.5. The van der Waals surface area contributed by atoms with Gasteiger partial charge in [-0.1, -0.05) is 82.4 Å². The number of carboxylic acid groups (broad SMARTS) is 3. The van der Waals surface area contributed by atoms with E-state index in [1.54, 1.807) is 30.3 Å². The van der Waals surface area contributed by atoms with Crippen molar-refractivity contribution in [1.29, 1.82) is 0 Å². The van der Waals surface area contributed by atoms with E-state index in [9.17, 15) is 44.4 Å². The number of unbranched alkanes of at least 4 members (excludes halogenated alkanes) is 8. The number of allylic oxidation sites excluding steroid dienone is 1. The zero-order chi connectivity index (χ0) is 33.7. The molecule has 0 fully saturated rings. The van der Waals surface area contributed by atoms with Crippen LogP contribution in [0.15, 0.2) is 49.1 Å². The first-order valence-electron chi connectivity index (χ1n) is 15.7. The van der Waals surface area contributed by atoms with Crippen molar-refractivity contribution < 1.29 is 49.1 Å². The number of hydrogen-bond acceptors (Lipinski definition) is 7. The Morgan fingerprint density at radius 2 is 1.51 bits per heavy atom. The number of Topliss-reactive ketones (excluding diaryl/α,β-unsaturated/α-hetero) is 1. The quantitative estimate of drug-likeness (QED) is 0.0680. The van der Waals surface area contributed by atoms with Gasteiger partial charge in [-0.3, -0.25) is 14.4 Å². The molecule has 0 aliphatic rings. The Bertz CT molecular complexity index is 1130. The number of hydrogen-bond donors (Lipinski definition) is 5. The van der Waals surface area contributed by atoms with Gasteiger partial charge in [0.2, 0.25) is 5.91 Å². The van der Waals surface area contributed by atoms with Gasteiger partial charge in [0.15, 0.2) is 5.60 Å². The van der Waals surface area contributed by atoms with Crippen LogP contribution in [-0.4, -0.2) is 68.3 Å². The first-order valence-corrected chi connectivity index (χ1v) is 15.7. The minimum atomic E-state index is -3.02. The second-order valence-corrected chi connectivity index (χ2v) is 11.2. The van der Waals surface area contributed by atoms with Gasteiger partial charge in [0, 0.05) is 19.3 Å². The molecule has 0 aliphatic carbocycles. The lowest BCUT2D eigenvalue weighted by Crippen LogP contribution is -2.55. The number of carbonyl (C=O) groups is 5. The molecule has 0 aliphatic heterocycles. The fraction of sp³-hybridized carbons (Fsp3) is 0.559. The summed E-state index contributed by atoms with van der Waals surface area (Å²) in [6, 6.07) is 4.97. The highest BCUT2D eigenvalue weighted by molar-refractivity contribution is 5.94. The minimum absolute atomic E-state index is 0.162. The number of nitrogens with one attached hydrogen (secondary N) is 1. The molecule has 1 rings (SSSR count). The van der Waals surface area contributed by atoms with Crippen molar-refractivity contribution in [2.24, 2.45) is 5.92 Å². The third-order valence-electron chi connectivity index (χ3n) is 7.40. The summed E-state index contributed by atoms with van der Waals surface area (Å²) >= 11 is 0. The number of ether oxygens (including phenoxy) is 1. The molecule has 0 heterocycles. The molecule has 5 N–H and O–H groups in total. The van der Waals surface area contributed by atoms with Gasteiger partial charge in [0.1, 0.15) is 24.2 Å². The van der Waals surface area contributed by atoms with E-state index in [1.165, 1.54) is 12.5 Å². The monoisotopic (exact) mass is 631 g/mol. The van der Waals surface area contributed by atoms with E-state index in [4.69, 9.17) is 4.74 Å². The van der Waals surface area contributed by atoms with Crippen LogP contribution in [0.4, 0.5) is 0 Å². The van der Waals surface area contributed by atoms with Crippen LogP contribution in [0.1, 0.15) is 96.0 Å². The average molecular weight is 632 g/mol. The Hall–Kier alpha value is -3.99. The van der Waals surface area contributed by atoms with Gasteiger partial charge >= 0.3 is 17.9 Å². The molecule has 0 bridgehead atoms. The van der Waals surface area contributed by atoms with Crippen LogP contribution in [0.3, 0.4) is 0 Å². The molecule has 250 valence electrons. The summed E-state index contributed by atoms with van der Waals surface area (Å²) in [6.45, 7) is 5.99. The number of benzene rings is 1. The molecule has 11 nitrogen and oxygen atoms in total. The molecule has 45 heavy (non-hydrogen) atoms. The number of aliphatic carboxylic acids is 3. The van der Waals surface area contributed by atoms with E-state index in [0.717, 1.165) is 51.0 Å². The van der Waals surface area contributed by atoms with Crippen LogP contribution in [0.2, 0.25) is 0 Å². The summed E-state index contributed by atoms with van der Waals surface area (Å²) in [4.78, 5) is 60.7. The Balaban J connectivity index is 2.82. The summed E-state index contributed by atoms with van der Waals surface area (Å²) in [5, 5.41) is 41.9. The molecule has 0 saturated carbocycles. The molecule has 1 unspecified atom stereocenters. The molecule has 0 radical (unpaired) electrons. The number of carboxylic acids is 3. The maximum Gasteiger partial charge on any atom is 0.337 e. The predicted molar refractivity (Wildman–Crippen MR) is 169 cm³/mol. The molecular formula is C34H49NO10. The summed E-state index contributed by atoms with van der Waals surface area (Å²) in [5.41, 5.74) is -2.48. The van der Waals surface area contributed by atoms with Crippen molar-refractivity contribution >= 4 is 29.6 Å².